The summed E-state index contributed by atoms with van der Waals surface area (Å²) in [4.78, 5) is 20.9. The second kappa shape index (κ2) is 6.79. The number of rotatable bonds is 4. The fourth-order valence-corrected chi connectivity index (χ4v) is 3.32. The molecular weight excluding hydrogens is 389 g/mol. The van der Waals surface area contributed by atoms with Gasteiger partial charge in [-0.05, 0) is 12.1 Å². The van der Waals surface area contributed by atoms with Crippen molar-refractivity contribution in [1.82, 2.24) is 0 Å². The molecule has 0 aliphatic rings. The number of nitrogen functional groups attached to an aromatic ring is 1. The molecule has 2 N–H and O–H groups in total. The zero-order valence-corrected chi connectivity index (χ0v) is 14.0. The van der Waals surface area contributed by atoms with E-state index >= 15 is 0 Å². The van der Waals surface area contributed by atoms with Crippen molar-refractivity contribution in [2.45, 2.75) is 9.79 Å². The Balaban J connectivity index is 2.65. The van der Waals surface area contributed by atoms with Gasteiger partial charge in [0.1, 0.15) is 0 Å². The predicted molar refractivity (Wildman–Crippen MR) is 89.8 cm³/mol. The molecule has 11 heteroatoms. The number of nitro benzene ring substituents is 2. The molecular formula is C12H6Cl3N3O4S. The van der Waals surface area contributed by atoms with Crippen LogP contribution in [0.1, 0.15) is 0 Å². The first kappa shape index (κ1) is 17.6. The van der Waals surface area contributed by atoms with E-state index in [4.69, 9.17) is 40.5 Å². The number of halogens is 3. The standard InChI is InChI=1S/C12H6Cl3N3O4S/c13-5-3-7(17(19)20)12(8(4-5)18(21)22)23-9-2-1-6(14)10(15)11(9)16/h1-4H,16H2. The lowest BCUT2D eigenvalue weighted by Gasteiger charge is -2.09. The fraction of sp³-hybridized carbons (Fsp3) is 0. The highest BCUT2D eigenvalue weighted by Crippen LogP contribution is 2.46. The van der Waals surface area contributed by atoms with E-state index in [0.29, 0.717) is 4.90 Å². The molecule has 0 spiro atoms. The molecule has 0 aromatic heterocycles. The van der Waals surface area contributed by atoms with E-state index in [1.807, 2.05) is 0 Å². The number of hydrogen-bond donors (Lipinski definition) is 1. The second-order valence-corrected chi connectivity index (χ2v) is 6.44. The van der Waals surface area contributed by atoms with Crippen LogP contribution in [0.5, 0.6) is 0 Å². The molecule has 0 unspecified atom stereocenters. The Bertz CT molecular complexity index is 796. The van der Waals surface area contributed by atoms with Crippen LogP contribution in [0.2, 0.25) is 15.1 Å². The van der Waals surface area contributed by atoms with Gasteiger partial charge in [-0.1, -0.05) is 46.6 Å². The van der Waals surface area contributed by atoms with Crippen molar-refractivity contribution < 1.29 is 9.85 Å². The molecule has 2 aromatic carbocycles. The molecule has 0 atom stereocenters. The molecule has 0 bridgehead atoms. The maximum Gasteiger partial charge on any atom is 0.291 e. The van der Waals surface area contributed by atoms with Crippen molar-refractivity contribution in [2.75, 3.05) is 5.73 Å². The Morgan fingerprint density at radius 3 is 2.00 bits per heavy atom. The van der Waals surface area contributed by atoms with Gasteiger partial charge in [0.15, 0.2) is 4.90 Å². The van der Waals surface area contributed by atoms with E-state index in [1.54, 1.807) is 0 Å². The third kappa shape index (κ3) is 3.61. The third-order valence-electron chi connectivity index (χ3n) is 2.71. The third-order valence-corrected chi connectivity index (χ3v) is 4.95. The van der Waals surface area contributed by atoms with Crippen LogP contribution >= 0.6 is 46.6 Å². The minimum atomic E-state index is -0.755. The summed E-state index contributed by atoms with van der Waals surface area (Å²) in [6.07, 6.45) is 0. The summed E-state index contributed by atoms with van der Waals surface area (Å²) in [7, 11) is 0. The number of hydrogen-bond acceptors (Lipinski definition) is 6. The first-order valence-electron chi connectivity index (χ1n) is 5.76. The van der Waals surface area contributed by atoms with Crippen molar-refractivity contribution in [3.05, 3.63) is 59.6 Å². The van der Waals surface area contributed by atoms with E-state index in [9.17, 15) is 20.2 Å². The highest BCUT2D eigenvalue weighted by atomic mass is 35.5. The fourth-order valence-electron chi connectivity index (χ4n) is 1.69. The zero-order chi connectivity index (χ0) is 17.3. The van der Waals surface area contributed by atoms with E-state index < -0.39 is 21.2 Å². The van der Waals surface area contributed by atoms with Crippen LogP contribution in [0.3, 0.4) is 0 Å². The Morgan fingerprint density at radius 1 is 1.00 bits per heavy atom. The van der Waals surface area contributed by atoms with Gasteiger partial charge in [-0.3, -0.25) is 20.2 Å². The lowest BCUT2D eigenvalue weighted by atomic mass is 10.3. The molecule has 0 radical (unpaired) electrons. The molecule has 120 valence electrons. The van der Waals surface area contributed by atoms with Gasteiger partial charge in [0.05, 0.1) is 30.6 Å². The molecule has 0 aliphatic heterocycles. The summed E-state index contributed by atoms with van der Waals surface area (Å²) < 4.78 is 0. The smallest absolute Gasteiger partial charge is 0.291 e. The summed E-state index contributed by atoms with van der Waals surface area (Å²) in [5, 5.41) is 22.5. The summed E-state index contributed by atoms with van der Waals surface area (Å²) in [5.41, 5.74) is 4.88. The van der Waals surface area contributed by atoms with Gasteiger partial charge in [-0.15, -0.1) is 0 Å². The van der Waals surface area contributed by atoms with Gasteiger partial charge in [-0.2, -0.15) is 0 Å². The molecule has 0 fully saturated rings. The molecule has 2 aromatic rings. The Hall–Kier alpha value is -1.74. The van der Waals surface area contributed by atoms with Gasteiger partial charge in [0.25, 0.3) is 11.4 Å². The quantitative estimate of drug-likeness (QED) is 0.433. The largest absolute Gasteiger partial charge is 0.397 e. The predicted octanol–water partition coefficient (Wildman–Crippen LogP) is 5.20. The van der Waals surface area contributed by atoms with Gasteiger partial charge in [-0.25, -0.2) is 0 Å². The van der Waals surface area contributed by atoms with E-state index in [1.165, 1.54) is 12.1 Å². The highest BCUT2D eigenvalue weighted by Gasteiger charge is 2.28. The number of benzene rings is 2. The van der Waals surface area contributed by atoms with E-state index in [0.717, 1.165) is 23.9 Å². The van der Waals surface area contributed by atoms with Crippen LogP contribution in [0.4, 0.5) is 17.1 Å². The van der Waals surface area contributed by atoms with Crippen LogP contribution in [-0.2, 0) is 0 Å². The monoisotopic (exact) mass is 393 g/mol. The second-order valence-electron chi connectivity index (χ2n) is 4.16. The Kier molecular flexibility index (Phi) is 5.20. The maximum absolute atomic E-state index is 11.2. The number of nitro groups is 2. The average molecular weight is 395 g/mol. The highest BCUT2D eigenvalue weighted by molar-refractivity contribution is 7.99. The normalized spacial score (nSPS) is 10.6. The molecule has 7 nitrogen and oxygen atoms in total. The van der Waals surface area contributed by atoms with Gasteiger partial charge in [0.2, 0.25) is 0 Å². The van der Waals surface area contributed by atoms with Crippen LogP contribution < -0.4 is 5.73 Å². The lowest BCUT2D eigenvalue weighted by Crippen LogP contribution is -1.98. The van der Waals surface area contributed by atoms with Crippen molar-refractivity contribution >= 4 is 63.6 Å². The minimum absolute atomic E-state index is 0.0657. The van der Waals surface area contributed by atoms with Crippen molar-refractivity contribution in [3.8, 4) is 0 Å². The molecule has 0 aliphatic carbocycles. The Morgan fingerprint density at radius 2 is 1.52 bits per heavy atom. The summed E-state index contributed by atoms with van der Waals surface area (Å²) >= 11 is 18.2. The first-order valence-corrected chi connectivity index (χ1v) is 7.71. The number of nitrogens with zero attached hydrogens (tertiary/aromatic N) is 2. The van der Waals surface area contributed by atoms with Crippen molar-refractivity contribution in [3.63, 3.8) is 0 Å². The van der Waals surface area contributed by atoms with Gasteiger partial charge < -0.3 is 5.73 Å². The number of nitrogens with two attached hydrogens (primary N) is 1. The molecule has 0 saturated carbocycles. The zero-order valence-electron chi connectivity index (χ0n) is 11.0. The molecule has 0 saturated heterocycles. The molecule has 0 heterocycles. The van der Waals surface area contributed by atoms with Gasteiger partial charge >= 0.3 is 0 Å². The van der Waals surface area contributed by atoms with E-state index in [2.05, 4.69) is 0 Å². The maximum atomic E-state index is 11.2. The van der Waals surface area contributed by atoms with Crippen LogP contribution in [0.15, 0.2) is 34.1 Å². The van der Waals surface area contributed by atoms with Gasteiger partial charge in [0, 0.05) is 17.0 Å². The summed E-state index contributed by atoms with van der Waals surface area (Å²) in [5.74, 6) is 0. The van der Waals surface area contributed by atoms with Crippen LogP contribution in [-0.4, -0.2) is 9.85 Å². The molecule has 0 amide bonds. The average Bonchev–Trinajstić information content (AvgIpc) is 2.48. The lowest BCUT2D eigenvalue weighted by molar-refractivity contribution is -0.399. The molecule has 23 heavy (non-hydrogen) atoms. The van der Waals surface area contributed by atoms with Crippen molar-refractivity contribution in [1.29, 1.82) is 0 Å². The number of anilines is 1. The van der Waals surface area contributed by atoms with Crippen LogP contribution in [0, 0.1) is 20.2 Å². The first-order chi connectivity index (χ1) is 10.7. The topological polar surface area (TPSA) is 112 Å². The summed E-state index contributed by atoms with van der Waals surface area (Å²) in [6, 6.07) is 4.97. The van der Waals surface area contributed by atoms with Crippen molar-refractivity contribution in [2.24, 2.45) is 0 Å². The minimum Gasteiger partial charge on any atom is -0.397 e. The molecule has 2 rings (SSSR count). The summed E-state index contributed by atoms with van der Waals surface area (Å²) in [6.45, 7) is 0. The SMILES string of the molecule is Nc1c(Sc2c([N+](=O)[O-])cc(Cl)cc2[N+](=O)[O-])ccc(Cl)c1Cl. The van der Waals surface area contributed by atoms with Crippen LogP contribution in [0.25, 0.3) is 0 Å². The Labute approximate surface area is 148 Å². The van der Waals surface area contributed by atoms with E-state index in [-0.39, 0.29) is 25.7 Å².